The molecule has 2 aromatic carbocycles. The zero-order valence-corrected chi connectivity index (χ0v) is 13.8. The zero-order chi connectivity index (χ0) is 17.8. The van der Waals surface area contributed by atoms with Crippen LogP contribution < -0.4 is 16.4 Å². The number of methoxy groups -OCH3 is 1. The van der Waals surface area contributed by atoms with Gasteiger partial charge in [0.2, 0.25) is 0 Å². The number of nitrogen functional groups attached to an aromatic ring is 1. The van der Waals surface area contributed by atoms with Crippen molar-refractivity contribution >= 4 is 34.5 Å². The van der Waals surface area contributed by atoms with Crippen molar-refractivity contribution in [3.05, 3.63) is 59.7 Å². The third kappa shape index (κ3) is 3.47. The molecular formula is C19H19N3O3. The van der Waals surface area contributed by atoms with Gasteiger partial charge >= 0.3 is 5.97 Å². The number of fused-ring (bicyclic) bond motifs is 1. The number of amides is 1. The molecule has 0 aliphatic carbocycles. The average Bonchev–Trinajstić information content (AvgIpc) is 2.94. The van der Waals surface area contributed by atoms with E-state index in [-0.39, 0.29) is 18.3 Å². The highest BCUT2D eigenvalue weighted by molar-refractivity contribution is 6.36. The predicted molar refractivity (Wildman–Crippen MR) is 97.4 cm³/mol. The average molecular weight is 337 g/mol. The van der Waals surface area contributed by atoms with Crippen molar-refractivity contribution in [1.29, 1.82) is 0 Å². The molecule has 1 aliphatic rings. The second-order valence-electron chi connectivity index (χ2n) is 5.63. The minimum absolute atomic E-state index is 0.200. The van der Waals surface area contributed by atoms with Crippen LogP contribution in [0.4, 0.5) is 11.4 Å². The van der Waals surface area contributed by atoms with E-state index in [4.69, 9.17) is 5.73 Å². The lowest BCUT2D eigenvalue weighted by Crippen LogP contribution is -2.20. The number of rotatable bonds is 5. The van der Waals surface area contributed by atoms with Crippen molar-refractivity contribution in [2.45, 2.75) is 6.42 Å². The number of benzene rings is 2. The van der Waals surface area contributed by atoms with Crippen molar-refractivity contribution in [2.24, 2.45) is 0 Å². The van der Waals surface area contributed by atoms with E-state index in [0.717, 1.165) is 16.8 Å². The molecule has 1 amide bonds. The lowest BCUT2D eigenvalue weighted by molar-refractivity contribution is -0.140. The molecule has 0 atom stereocenters. The molecule has 4 N–H and O–H groups in total. The largest absolute Gasteiger partial charge is 0.469 e. The first kappa shape index (κ1) is 16.6. The molecule has 128 valence electrons. The first-order valence-electron chi connectivity index (χ1n) is 7.92. The van der Waals surface area contributed by atoms with Gasteiger partial charge in [-0.05, 0) is 23.8 Å². The van der Waals surface area contributed by atoms with Crippen LogP contribution in [0.15, 0.2) is 48.5 Å². The molecule has 6 heteroatoms. The number of hydrogen-bond acceptors (Lipinski definition) is 5. The fraction of sp³-hybridized carbons (Fsp3) is 0.158. The fourth-order valence-corrected chi connectivity index (χ4v) is 2.76. The Hall–Kier alpha value is -3.28. The van der Waals surface area contributed by atoms with Gasteiger partial charge < -0.3 is 21.1 Å². The maximum absolute atomic E-state index is 12.6. The quantitative estimate of drug-likeness (QED) is 0.442. The van der Waals surface area contributed by atoms with Crippen LogP contribution in [0.25, 0.3) is 11.3 Å². The smallest absolute Gasteiger partial charge is 0.307 e. The summed E-state index contributed by atoms with van der Waals surface area (Å²) in [6.45, 7) is 0.353. The minimum atomic E-state index is -0.314. The van der Waals surface area contributed by atoms with Crippen LogP contribution in [-0.2, 0) is 14.3 Å². The third-order valence-electron chi connectivity index (χ3n) is 3.96. The van der Waals surface area contributed by atoms with E-state index in [0.29, 0.717) is 23.5 Å². The summed E-state index contributed by atoms with van der Waals surface area (Å²) in [6.07, 6.45) is 0.200. The summed E-state index contributed by atoms with van der Waals surface area (Å²) in [5, 5.41) is 6.06. The summed E-state index contributed by atoms with van der Waals surface area (Å²) in [5.41, 5.74) is 9.96. The molecule has 6 nitrogen and oxygen atoms in total. The number of esters is 1. The monoisotopic (exact) mass is 337 g/mol. The second kappa shape index (κ2) is 7.09. The molecule has 0 radical (unpaired) electrons. The Morgan fingerprint density at radius 1 is 1.20 bits per heavy atom. The van der Waals surface area contributed by atoms with Crippen molar-refractivity contribution in [1.82, 2.24) is 5.32 Å². The molecule has 0 fully saturated rings. The van der Waals surface area contributed by atoms with Crippen LogP contribution in [0.3, 0.4) is 0 Å². The predicted octanol–water partition coefficient (Wildman–Crippen LogP) is 2.24. The standard InChI is InChI=1S/C19H19N3O3/c1-25-16(23)9-10-21-18(12-5-3-2-4-6-12)17-14-11-13(20)7-8-15(14)22-19(17)24/h2-8,11,21H,9-10,20H2,1H3,(H,22,24)/b18-17-. The van der Waals surface area contributed by atoms with Crippen LogP contribution in [-0.4, -0.2) is 25.5 Å². The number of hydrogen-bond donors (Lipinski definition) is 3. The molecule has 1 aliphatic heterocycles. The number of ether oxygens (including phenoxy) is 1. The Labute approximate surface area is 145 Å². The first-order chi connectivity index (χ1) is 12.1. The van der Waals surface area contributed by atoms with Gasteiger partial charge in [-0.15, -0.1) is 0 Å². The van der Waals surface area contributed by atoms with Gasteiger partial charge in [-0.1, -0.05) is 30.3 Å². The molecule has 0 bridgehead atoms. The highest BCUT2D eigenvalue weighted by atomic mass is 16.5. The maximum Gasteiger partial charge on any atom is 0.307 e. The topological polar surface area (TPSA) is 93.4 Å². The molecule has 0 saturated carbocycles. The summed E-state index contributed by atoms with van der Waals surface area (Å²) < 4.78 is 4.67. The van der Waals surface area contributed by atoms with Gasteiger partial charge in [-0.25, -0.2) is 0 Å². The zero-order valence-electron chi connectivity index (χ0n) is 13.8. The molecule has 2 aromatic rings. The molecule has 25 heavy (non-hydrogen) atoms. The van der Waals surface area contributed by atoms with Gasteiger partial charge in [-0.2, -0.15) is 0 Å². The summed E-state index contributed by atoms with van der Waals surface area (Å²) in [7, 11) is 1.35. The van der Waals surface area contributed by atoms with Crippen LogP contribution in [0.1, 0.15) is 17.5 Å². The van der Waals surface area contributed by atoms with E-state index in [9.17, 15) is 9.59 Å². The number of nitrogens with two attached hydrogens (primary N) is 1. The van der Waals surface area contributed by atoms with Gasteiger partial charge in [0.25, 0.3) is 5.91 Å². The summed E-state index contributed by atoms with van der Waals surface area (Å²) in [6, 6.07) is 14.8. The second-order valence-corrected chi connectivity index (χ2v) is 5.63. The van der Waals surface area contributed by atoms with Gasteiger partial charge in [0.1, 0.15) is 0 Å². The molecule has 3 rings (SSSR count). The van der Waals surface area contributed by atoms with E-state index in [1.807, 2.05) is 30.3 Å². The van der Waals surface area contributed by atoms with E-state index in [1.165, 1.54) is 7.11 Å². The number of carbonyl (C=O) groups excluding carboxylic acids is 2. The Balaban J connectivity index is 2.04. The van der Waals surface area contributed by atoms with Crippen molar-refractivity contribution < 1.29 is 14.3 Å². The number of anilines is 2. The van der Waals surface area contributed by atoms with E-state index >= 15 is 0 Å². The van der Waals surface area contributed by atoms with Crippen molar-refractivity contribution in [3.8, 4) is 0 Å². The third-order valence-corrected chi connectivity index (χ3v) is 3.96. The van der Waals surface area contributed by atoms with Gasteiger partial charge in [0.05, 0.1) is 24.8 Å². The normalized spacial score (nSPS) is 14.5. The van der Waals surface area contributed by atoms with Crippen molar-refractivity contribution in [2.75, 3.05) is 24.7 Å². The van der Waals surface area contributed by atoms with Gasteiger partial charge in [0.15, 0.2) is 0 Å². The van der Waals surface area contributed by atoms with Crippen LogP contribution in [0, 0.1) is 0 Å². The maximum atomic E-state index is 12.6. The fourth-order valence-electron chi connectivity index (χ4n) is 2.76. The van der Waals surface area contributed by atoms with Gasteiger partial charge in [0, 0.05) is 23.5 Å². The molecular weight excluding hydrogens is 318 g/mol. The summed E-state index contributed by atoms with van der Waals surface area (Å²) in [4.78, 5) is 24.0. The molecule has 0 unspecified atom stereocenters. The summed E-state index contributed by atoms with van der Waals surface area (Å²) >= 11 is 0. The SMILES string of the molecule is COC(=O)CCN/C(=C1\C(=O)Nc2ccc(N)cc21)c1ccccc1. The number of nitrogens with one attached hydrogen (secondary N) is 2. The Morgan fingerprint density at radius 3 is 2.68 bits per heavy atom. The van der Waals surface area contributed by atoms with Crippen molar-refractivity contribution in [3.63, 3.8) is 0 Å². The number of carbonyl (C=O) groups is 2. The van der Waals surface area contributed by atoms with Crippen LogP contribution in [0.5, 0.6) is 0 Å². The molecule has 1 heterocycles. The Bertz CT molecular complexity index is 844. The highest BCUT2D eigenvalue weighted by Gasteiger charge is 2.28. The first-order valence-corrected chi connectivity index (χ1v) is 7.92. The lowest BCUT2D eigenvalue weighted by atomic mass is 10.00. The van der Waals surface area contributed by atoms with E-state index in [1.54, 1.807) is 18.2 Å². The summed E-state index contributed by atoms with van der Waals surface area (Å²) in [5.74, 6) is -0.518. The Kier molecular flexibility index (Phi) is 4.70. The van der Waals surface area contributed by atoms with E-state index < -0.39 is 0 Å². The highest BCUT2D eigenvalue weighted by Crippen LogP contribution is 2.37. The lowest BCUT2D eigenvalue weighted by Gasteiger charge is -2.14. The molecule has 0 spiro atoms. The van der Waals surface area contributed by atoms with Crippen LogP contribution >= 0.6 is 0 Å². The Morgan fingerprint density at radius 2 is 1.96 bits per heavy atom. The minimum Gasteiger partial charge on any atom is -0.469 e. The van der Waals surface area contributed by atoms with E-state index in [2.05, 4.69) is 15.4 Å². The van der Waals surface area contributed by atoms with Crippen LogP contribution in [0.2, 0.25) is 0 Å². The molecule has 0 aromatic heterocycles. The van der Waals surface area contributed by atoms with Gasteiger partial charge in [-0.3, -0.25) is 9.59 Å². The molecule has 0 saturated heterocycles.